The van der Waals surface area contributed by atoms with Gasteiger partial charge in [0.05, 0.1) is 21.5 Å². The van der Waals surface area contributed by atoms with Gasteiger partial charge >= 0.3 is 0 Å². The summed E-state index contributed by atoms with van der Waals surface area (Å²) in [6.45, 7) is 0. The molecule has 3 aliphatic carbocycles. The molecule has 7 atom stereocenters. The third-order valence-electron chi connectivity index (χ3n) is 4.62. The summed E-state index contributed by atoms with van der Waals surface area (Å²) in [4.78, 5) is -2.48. The molecule has 18 heavy (non-hydrogen) atoms. The lowest BCUT2D eigenvalue weighted by atomic mass is 10.8. The summed E-state index contributed by atoms with van der Waals surface area (Å²) in [7, 11) is 0. The molecular formula is C10H5Cl7O. The number of alkyl halides is 5. The fourth-order valence-electron chi connectivity index (χ4n) is 3.80. The van der Waals surface area contributed by atoms with E-state index in [0.29, 0.717) is 0 Å². The lowest BCUT2D eigenvalue weighted by Crippen LogP contribution is -2.46. The van der Waals surface area contributed by atoms with Crippen molar-refractivity contribution >= 4 is 81.2 Å². The summed E-state index contributed by atoms with van der Waals surface area (Å²) in [6.07, 6.45) is -0.152. The molecule has 2 bridgehead atoms. The molecule has 0 amide bonds. The van der Waals surface area contributed by atoms with E-state index >= 15 is 0 Å². The van der Waals surface area contributed by atoms with Crippen molar-refractivity contribution in [2.75, 3.05) is 0 Å². The minimum absolute atomic E-state index is 0.0608. The maximum Gasteiger partial charge on any atom is 0.166 e. The Morgan fingerprint density at radius 3 is 1.89 bits per heavy atom. The van der Waals surface area contributed by atoms with E-state index in [-0.39, 0.29) is 39.5 Å². The number of hydrogen-bond donors (Lipinski definition) is 0. The SMILES string of the molecule is Cl[13C]1=[13C](Cl)[13C@]2(Cl)[13C@@H]3[13C@@H](Cl)[13C@H]4O[13C@H]4[13C@@H]3[13C@@]1(Cl)[13C]2(Cl)Cl. The molecule has 100 valence electrons. The van der Waals surface area contributed by atoms with Gasteiger partial charge in [-0.15, -0.1) is 34.8 Å². The Morgan fingerprint density at radius 2 is 1.33 bits per heavy atom. The Bertz CT molecular complexity index is 476. The summed E-state index contributed by atoms with van der Waals surface area (Å²) in [6, 6.07) is 0. The predicted octanol–water partition coefficient (Wildman–Crippen LogP) is 4.45. The molecule has 2 saturated carbocycles. The Labute approximate surface area is 139 Å². The monoisotopic (exact) mass is 396 g/mol. The number of allylic oxidation sites excluding steroid dienone is 2. The van der Waals surface area contributed by atoms with Gasteiger partial charge in [-0.2, -0.15) is 0 Å². The standard InChI is InChI=1S/C10H5Cl7O/c11-3-1-2(4-5(3)18-4)9(15)7(13)6(12)8(1,14)10(9,16)17/h1-5H/t1-,2+,3+,4-,5+,8+,9-/m0/s1/i1+1,2+1,3+1,4+1,5+1,6+1,7+1,8+1,9+1,10+1. The lowest BCUT2D eigenvalue weighted by molar-refractivity contribution is 0.204. The van der Waals surface area contributed by atoms with E-state index in [2.05, 4.69) is 0 Å². The van der Waals surface area contributed by atoms with E-state index in [9.17, 15) is 0 Å². The van der Waals surface area contributed by atoms with Crippen molar-refractivity contribution in [1.82, 2.24) is 0 Å². The van der Waals surface area contributed by atoms with E-state index in [4.69, 9.17) is 85.9 Å². The van der Waals surface area contributed by atoms with Gasteiger partial charge in [0.15, 0.2) is 4.33 Å². The van der Waals surface area contributed by atoms with Gasteiger partial charge in [0.1, 0.15) is 15.9 Å². The summed E-state index contributed by atoms with van der Waals surface area (Å²) in [5.74, 6) is -0.457. The topological polar surface area (TPSA) is 12.5 Å². The second-order valence-corrected chi connectivity index (χ2v) is 8.97. The molecule has 1 aliphatic heterocycles. The van der Waals surface area contributed by atoms with Crippen LogP contribution in [0.1, 0.15) is 0 Å². The van der Waals surface area contributed by atoms with Crippen molar-refractivity contribution < 1.29 is 4.74 Å². The van der Waals surface area contributed by atoms with Crippen LogP contribution in [0.5, 0.6) is 0 Å². The summed E-state index contributed by atoms with van der Waals surface area (Å²) in [5, 5.41) is 0.111. The minimum atomic E-state index is -1.50. The maximum atomic E-state index is 6.65. The first-order valence-electron chi connectivity index (χ1n) is 5.32. The third-order valence-corrected chi connectivity index (χ3v) is 9.44. The quantitative estimate of drug-likeness (QED) is 0.333. The molecule has 1 heterocycles. The fraction of sp³-hybridized carbons (Fsp3) is 0.800. The van der Waals surface area contributed by atoms with Crippen LogP contribution in [0.3, 0.4) is 0 Å². The van der Waals surface area contributed by atoms with E-state index < -0.39 is 14.1 Å². The molecular weight excluding hydrogens is 394 g/mol. The molecule has 0 radical (unpaired) electrons. The van der Waals surface area contributed by atoms with E-state index in [0.717, 1.165) is 0 Å². The highest BCUT2D eigenvalue weighted by molar-refractivity contribution is 6.66. The van der Waals surface area contributed by atoms with Crippen molar-refractivity contribution in [3.63, 3.8) is 0 Å². The van der Waals surface area contributed by atoms with Gasteiger partial charge in [0, 0.05) is 11.8 Å². The molecule has 0 aromatic heterocycles. The average molecular weight is 399 g/mol. The molecule has 1 saturated heterocycles. The van der Waals surface area contributed by atoms with Gasteiger partial charge in [-0.3, -0.25) is 0 Å². The number of fused-ring (bicyclic) bond motifs is 7. The molecule has 0 N–H and O–H groups in total. The van der Waals surface area contributed by atoms with Gasteiger partial charge < -0.3 is 4.74 Å². The maximum absolute atomic E-state index is 6.65. The molecule has 0 unspecified atom stereocenters. The van der Waals surface area contributed by atoms with Crippen LogP contribution in [0, 0.1) is 11.8 Å². The van der Waals surface area contributed by atoms with Crippen molar-refractivity contribution in [2.24, 2.45) is 11.8 Å². The minimum Gasteiger partial charge on any atom is -0.368 e. The predicted molar refractivity (Wildman–Crippen MR) is 75.6 cm³/mol. The lowest BCUT2D eigenvalue weighted by Gasteiger charge is -2.35. The zero-order valence-electron chi connectivity index (χ0n) is 8.44. The van der Waals surface area contributed by atoms with Crippen LogP contribution in [0.25, 0.3) is 0 Å². The van der Waals surface area contributed by atoms with Gasteiger partial charge in [0.2, 0.25) is 0 Å². The van der Waals surface area contributed by atoms with Gasteiger partial charge in [-0.25, -0.2) is 0 Å². The van der Waals surface area contributed by atoms with Crippen LogP contribution < -0.4 is 0 Å². The molecule has 4 rings (SSSR count). The molecule has 4 aliphatic rings. The second-order valence-electron chi connectivity index (χ2n) is 5.19. The number of epoxide rings is 1. The first-order chi connectivity index (χ1) is 8.20. The highest BCUT2D eigenvalue weighted by Crippen LogP contribution is 2.81. The number of rotatable bonds is 0. The highest BCUT2D eigenvalue weighted by atomic mass is 35.5. The van der Waals surface area contributed by atoms with Crippen LogP contribution in [0.2, 0.25) is 0 Å². The molecule has 1 nitrogen and oxygen atoms in total. The Hall–Kier alpha value is 1.73. The van der Waals surface area contributed by atoms with Crippen LogP contribution in [0.4, 0.5) is 0 Å². The van der Waals surface area contributed by atoms with Crippen LogP contribution in [-0.4, -0.2) is 31.7 Å². The molecule has 0 spiro atoms. The normalized spacial score (nSPS) is 63.2. The Balaban J connectivity index is 2.01. The smallest absolute Gasteiger partial charge is 0.166 e. The Kier molecular flexibility index (Phi) is 2.52. The van der Waals surface area contributed by atoms with Crippen LogP contribution in [0.15, 0.2) is 10.1 Å². The molecule has 0 aromatic rings. The van der Waals surface area contributed by atoms with Crippen molar-refractivity contribution in [1.29, 1.82) is 0 Å². The summed E-state index contributed by atoms with van der Waals surface area (Å²) in [5.41, 5.74) is 0. The number of hydrogen-bond acceptors (Lipinski definition) is 1. The summed E-state index contributed by atoms with van der Waals surface area (Å²) >= 11 is 45.0. The summed E-state index contributed by atoms with van der Waals surface area (Å²) < 4.78 is 4.00. The highest BCUT2D eigenvalue weighted by Gasteiger charge is 2.89. The van der Waals surface area contributed by atoms with Crippen LogP contribution in [-0.2, 0) is 4.74 Å². The zero-order valence-corrected chi connectivity index (χ0v) is 13.7. The van der Waals surface area contributed by atoms with Crippen LogP contribution >= 0.6 is 81.2 Å². The van der Waals surface area contributed by atoms with Crippen molar-refractivity contribution in [3.8, 4) is 0 Å². The average Bonchev–Trinajstić information content (AvgIpc) is 2.98. The fourth-order valence-corrected chi connectivity index (χ4v) is 7.49. The van der Waals surface area contributed by atoms with E-state index in [1.807, 2.05) is 0 Å². The molecule has 8 heteroatoms. The second kappa shape index (κ2) is 3.38. The first kappa shape index (κ1) is 13.4. The van der Waals surface area contributed by atoms with Gasteiger partial charge in [-0.05, 0) is 0 Å². The number of ether oxygens (including phenoxy) is 1. The van der Waals surface area contributed by atoms with Gasteiger partial charge in [0.25, 0.3) is 0 Å². The third kappa shape index (κ3) is 1.02. The molecule has 0 aromatic carbocycles. The molecule has 3 fully saturated rings. The first-order valence-corrected chi connectivity index (χ1v) is 8.02. The number of halogens is 7. The Morgan fingerprint density at radius 1 is 0.833 bits per heavy atom. The van der Waals surface area contributed by atoms with E-state index in [1.165, 1.54) is 0 Å². The van der Waals surface area contributed by atoms with Crippen molar-refractivity contribution in [2.45, 2.75) is 31.7 Å². The van der Waals surface area contributed by atoms with Gasteiger partial charge in [-0.1, -0.05) is 46.4 Å². The van der Waals surface area contributed by atoms with E-state index in [1.54, 1.807) is 0 Å². The zero-order chi connectivity index (χ0) is 13.2. The van der Waals surface area contributed by atoms with Crippen molar-refractivity contribution in [3.05, 3.63) is 10.1 Å². The largest absolute Gasteiger partial charge is 0.368 e.